The first-order chi connectivity index (χ1) is 27.8. The number of aromatic nitrogens is 3. The third-order valence-corrected chi connectivity index (χ3v) is 11.5. The van der Waals surface area contributed by atoms with Crippen molar-refractivity contribution in [1.29, 1.82) is 0 Å². The second-order valence-electron chi connectivity index (χ2n) is 14.5. The summed E-state index contributed by atoms with van der Waals surface area (Å²) in [5, 5.41) is 1.12. The molecule has 0 bridgehead atoms. The van der Waals surface area contributed by atoms with Crippen LogP contribution in [0, 0.1) is 0 Å². The predicted molar refractivity (Wildman–Crippen MR) is 230 cm³/mol. The van der Waals surface area contributed by atoms with Gasteiger partial charge in [0.2, 0.25) is 0 Å². The maximum Gasteiger partial charge on any atom is 0.145 e. The third-order valence-electron chi connectivity index (χ3n) is 11.5. The average molecular weight is 714 g/mol. The summed E-state index contributed by atoms with van der Waals surface area (Å²) in [5.74, 6) is 0.925. The Morgan fingerprint density at radius 2 is 1.05 bits per heavy atom. The highest BCUT2D eigenvalue weighted by Crippen LogP contribution is 2.58. The lowest BCUT2D eigenvalue weighted by Gasteiger charge is -2.34. The lowest BCUT2D eigenvalue weighted by Crippen LogP contribution is -2.28. The number of nitrogens with zero attached hydrogens (tertiary/aromatic N) is 3. The molecule has 0 spiro atoms. The second kappa shape index (κ2) is 12.9. The smallest absolute Gasteiger partial charge is 0.145 e. The molecule has 1 aliphatic carbocycles. The van der Waals surface area contributed by atoms with Crippen molar-refractivity contribution >= 4 is 21.9 Å². The van der Waals surface area contributed by atoms with E-state index in [2.05, 4.69) is 199 Å². The topological polar surface area (TPSA) is 30.7 Å². The molecule has 56 heavy (non-hydrogen) atoms. The number of hydrogen-bond acceptors (Lipinski definition) is 2. The molecule has 2 heterocycles. The van der Waals surface area contributed by atoms with E-state index in [4.69, 9.17) is 9.97 Å². The van der Waals surface area contributed by atoms with E-state index in [0.717, 1.165) is 55.7 Å². The highest BCUT2D eigenvalue weighted by molar-refractivity contribution is 6.01. The van der Waals surface area contributed by atoms with Gasteiger partial charge in [-0.25, -0.2) is 4.98 Å². The maximum atomic E-state index is 5.10. The summed E-state index contributed by atoms with van der Waals surface area (Å²) in [6.07, 6.45) is 1.90. The minimum absolute atomic E-state index is 0.514. The van der Waals surface area contributed by atoms with Gasteiger partial charge in [0, 0.05) is 28.4 Å². The summed E-state index contributed by atoms with van der Waals surface area (Å²) in [7, 11) is 0. The zero-order valence-corrected chi connectivity index (χ0v) is 30.5. The van der Waals surface area contributed by atoms with Crippen molar-refractivity contribution in [2.24, 2.45) is 0 Å². The Balaban J connectivity index is 1.18. The first kappa shape index (κ1) is 32.1. The Kier molecular flexibility index (Phi) is 7.39. The lowest BCUT2D eigenvalue weighted by atomic mass is 9.67. The van der Waals surface area contributed by atoms with Gasteiger partial charge in [-0.2, -0.15) is 0 Å². The number of benzene rings is 8. The molecule has 0 saturated heterocycles. The Morgan fingerprint density at radius 1 is 0.411 bits per heavy atom. The third kappa shape index (κ3) is 4.84. The van der Waals surface area contributed by atoms with E-state index in [9.17, 15) is 0 Å². The van der Waals surface area contributed by atoms with Crippen LogP contribution in [0.15, 0.2) is 212 Å². The summed E-state index contributed by atoms with van der Waals surface area (Å²) >= 11 is 0. The molecular formula is C53H35N3. The van der Waals surface area contributed by atoms with E-state index in [0.29, 0.717) is 0 Å². The molecule has 3 nitrogen and oxygen atoms in total. The largest absolute Gasteiger partial charge is 0.292 e. The summed E-state index contributed by atoms with van der Waals surface area (Å²) in [6, 6.07) is 74.5. The Morgan fingerprint density at radius 3 is 1.82 bits per heavy atom. The monoisotopic (exact) mass is 713 g/mol. The van der Waals surface area contributed by atoms with Crippen LogP contribution in [0.2, 0.25) is 0 Å². The van der Waals surface area contributed by atoms with Crippen molar-refractivity contribution in [3.8, 4) is 50.5 Å². The summed E-state index contributed by atoms with van der Waals surface area (Å²) < 4.78 is 2.27. The van der Waals surface area contributed by atoms with Crippen molar-refractivity contribution in [2.45, 2.75) is 5.41 Å². The fourth-order valence-electron chi connectivity index (χ4n) is 9.13. The predicted octanol–water partition coefficient (Wildman–Crippen LogP) is 12.9. The normalized spacial score (nSPS) is 12.8. The minimum atomic E-state index is -0.514. The zero-order chi connectivity index (χ0) is 37.1. The standard InChI is InChI=1S/C53H35N3/c1-4-16-38(17-5-1)52-55-49-27-12-13-28-50(49)56(52)41-31-29-36(30-32-41)44-34-46-42-24-10-11-26-47(42)53(39-20-6-2-7-21-39,40-22-8-3-9-23-40)48(46)35-45(44)43-25-14-18-37-19-15-33-54-51(37)43/h1-35H. The van der Waals surface area contributed by atoms with Gasteiger partial charge in [-0.3, -0.25) is 9.55 Å². The van der Waals surface area contributed by atoms with Crippen LogP contribution in [-0.4, -0.2) is 14.5 Å². The van der Waals surface area contributed by atoms with Crippen molar-refractivity contribution in [3.63, 3.8) is 0 Å². The highest BCUT2D eigenvalue weighted by atomic mass is 15.1. The number of hydrogen-bond donors (Lipinski definition) is 0. The highest BCUT2D eigenvalue weighted by Gasteiger charge is 2.46. The molecule has 0 unspecified atom stereocenters. The van der Waals surface area contributed by atoms with E-state index >= 15 is 0 Å². The molecule has 0 fully saturated rings. The molecule has 262 valence electrons. The average Bonchev–Trinajstić information content (AvgIpc) is 3.81. The summed E-state index contributed by atoms with van der Waals surface area (Å²) in [4.78, 5) is 10.1. The van der Waals surface area contributed by atoms with Crippen molar-refractivity contribution in [2.75, 3.05) is 0 Å². The molecule has 0 aliphatic heterocycles. The molecule has 2 aromatic heterocycles. The molecule has 8 aromatic carbocycles. The summed E-state index contributed by atoms with van der Waals surface area (Å²) in [6.45, 7) is 0. The number of pyridine rings is 1. The van der Waals surface area contributed by atoms with Gasteiger partial charge in [0.25, 0.3) is 0 Å². The lowest BCUT2D eigenvalue weighted by molar-refractivity contribution is 0.769. The molecule has 3 heteroatoms. The number of rotatable bonds is 6. The molecule has 0 N–H and O–H groups in total. The Bertz CT molecular complexity index is 3010. The van der Waals surface area contributed by atoms with Crippen molar-refractivity contribution < 1.29 is 0 Å². The quantitative estimate of drug-likeness (QED) is 0.172. The van der Waals surface area contributed by atoms with Crippen LogP contribution in [0.25, 0.3) is 72.4 Å². The molecule has 0 radical (unpaired) electrons. The van der Waals surface area contributed by atoms with Gasteiger partial charge in [-0.05, 0) is 92.5 Å². The molecule has 11 rings (SSSR count). The van der Waals surface area contributed by atoms with Crippen molar-refractivity contribution in [3.05, 3.63) is 235 Å². The summed E-state index contributed by atoms with van der Waals surface area (Å²) in [5.41, 5.74) is 16.8. The number of para-hydroxylation sites is 3. The fraction of sp³-hybridized carbons (Fsp3) is 0.0189. The van der Waals surface area contributed by atoms with Gasteiger partial charge in [0.15, 0.2) is 0 Å². The van der Waals surface area contributed by atoms with Gasteiger partial charge in [0.05, 0.1) is 22.0 Å². The van der Waals surface area contributed by atoms with Crippen LogP contribution in [0.1, 0.15) is 22.3 Å². The van der Waals surface area contributed by atoms with Crippen LogP contribution in [0.5, 0.6) is 0 Å². The first-order valence-corrected chi connectivity index (χ1v) is 19.2. The van der Waals surface area contributed by atoms with Gasteiger partial charge in [-0.15, -0.1) is 0 Å². The zero-order valence-electron chi connectivity index (χ0n) is 30.5. The van der Waals surface area contributed by atoms with E-state index < -0.39 is 5.41 Å². The van der Waals surface area contributed by atoms with E-state index in [1.807, 2.05) is 18.3 Å². The molecule has 1 aliphatic rings. The van der Waals surface area contributed by atoms with Crippen LogP contribution in [0.4, 0.5) is 0 Å². The molecule has 0 saturated carbocycles. The SMILES string of the molecule is c1ccc(-c2nc3ccccc3n2-c2ccc(-c3cc4c(cc3-c3cccc5cccnc35)C(c3ccccc3)(c3ccccc3)c3ccccc3-4)cc2)cc1. The number of imidazole rings is 1. The van der Waals surface area contributed by atoms with Crippen LogP contribution < -0.4 is 0 Å². The Hall–Kier alpha value is -7.36. The maximum absolute atomic E-state index is 5.10. The van der Waals surface area contributed by atoms with Gasteiger partial charge in [0.1, 0.15) is 5.82 Å². The molecule has 0 amide bonds. The molecular weight excluding hydrogens is 679 g/mol. The van der Waals surface area contributed by atoms with Gasteiger partial charge >= 0.3 is 0 Å². The fourth-order valence-corrected chi connectivity index (χ4v) is 9.13. The van der Waals surface area contributed by atoms with E-state index in [-0.39, 0.29) is 0 Å². The van der Waals surface area contributed by atoms with Gasteiger partial charge in [-0.1, -0.05) is 164 Å². The van der Waals surface area contributed by atoms with E-state index in [1.54, 1.807) is 0 Å². The minimum Gasteiger partial charge on any atom is -0.292 e. The van der Waals surface area contributed by atoms with Crippen LogP contribution in [-0.2, 0) is 5.41 Å². The molecule has 0 atom stereocenters. The Labute approximate surface area is 325 Å². The van der Waals surface area contributed by atoms with Crippen molar-refractivity contribution in [1.82, 2.24) is 14.5 Å². The first-order valence-electron chi connectivity index (χ1n) is 19.2. The second-order valence-corrected chi connectivity index (χ2v) is 14.5. The molecule has 10 aromatic rings. The number of fused-ring (bicyclic) bond motifs is 5. The van der Waals surface area contributed by atoms with E-state index in [1.165, 1.54) is 38.9 Å². The van der Waals surface area contributed by atoms with Gasteiger partial charge < -0.3 is 0 Å². The van der Waals surface area contributed by atoms with Crippen LogP contribution in [0.3, 0.4) is 0 Å². The van der Waals surface area contributed by atoms with Crippen LogP contribution >= 0.6 is 0 Å².